The summed E-state index contributed by atoms with van der Waals surface area (Å²) in [7, 11) is 1.80. The van der Waals surface area contributed by atoms with Crippen molar-refractivity contribution in [2.45, 2.75) is 25.5 Å². The Kier molecular flexibility index (Phi) is 8.58. The molecular formula is C23H35FN6O7+2. The summed E-state index contributed by atoms with van der Waals surface area (Å²) in [6, 6.07) is 4.43. The quantitative estimate of drug-likeness (QED) is 0.162. The van der Waals surface area contributed by atoms with Crippen LogP contribution < -0.4 is 26.6 Å². The van der Waals surface area contributed by atoms with Gasteiger partial charge in [-0.25, -0.2) is 14.0 Å². The van der Waals surface area contributed by atoms with Crippen LogP contribution in [-0.4, -0.2) is 87.6 Å². The minimum absolute atomic E-state index is 0.0562. The van der Waals surface area contributed by atoms with Crippen LogP contribution in [0.15, 0.2) is 30.0 Å². The number of cyclic esters (lactones) is 1. The van der Waals surface area contributed by atoms with Crippen LogP contribution >= 0.6 is 0 Å². The first-order chi connectivity index (χ1) is 17.4. The summed E-state index contributed by atoms with van der Waals surface area (Å²) < 4.78 is 28.4. The molecule has 2 aliphatic heterocycles. The summed E-state index contributed by atoms with van der Waals surface area (Å²) in [5, 5.41) is 16.0. The maximum absolute atomic E-state index is 15.1. The zero-order chi connectivity index (χ0) is 27.4. The van der Waals surface area contributed by atoms with E-state index in [9.17, 15) is 19.6 Å². The summed E-state index contributed by atoms with van der Waals surface area (Å²) in [4.78, 5) is 39.1. The van der Waals surface area contributed by atoms with E-state index in [0.29, 0.717) is 18.8 Å². The molecule has 1 aromatic carbocycles. The van der Waals surface area contributed by atoms with Crippen LogP contribution in [0.4, 0.5) is 25.4 Å². The van der Waals surface area contributed by atoms with Crippen molar-refractivity contribution in [2.75, 3.05) is 62.9 Å². The lowest BCUT2D eigenvalue weighted by Crippen LogP contribution is -2.73. The number of ether oxygens (including phenoxy) is 3. The van der Waals surface area contributed by atoms with Crippen LogP contribution in [0, 0.1) is 11.0 Å². The molecule has 0 bridgehead atoms. The van der Waals surface area contributed by atoms with Crippen molar-refractivity contribution >= 4 is 29.5 Å². The Morgan fingerprint density at radius 3 is 2.76 bits per heavy atom. The average molecular weight is 527 g/mol. The Morgan fingerprint density at radius 2 is 2.14 bits per heavy atom. The number of likely N-dealkylation sites (N-methyl/N-ethyl adjacent to an activating group) is 1. The van der Waals surface area contributed by atoms with E-state index >= 15 is 4.39 Å². The highest BCUT2D eigenvalue weighted by atomic mass is 19.1. The predicted octanol–water partition coefficient (Wildman–Crippen LogP) is -0.711. The van der Waals surface area contributed by atoms with Gasteiger partial charge in [0.1, 0.15) is 17.9 Å². The van der Waals surface area contributed by atoms with Gasteiger partial charge in [0.2, 0.25) is 6.79 Å². The van der Waals surface area contributed by atoms with E-state index in [2.05, 4.69) is 21.5 Å². The van der Waals surface area contributed by atoms with Crippen LogP contribution in [0.1, 0.15) is 13.8 Å². The lowest BCUT2D eigenvalue weighted by Gasteiger charge is -2.37. The predicted molar refractivity (Wildman–Crippen MR) is 129 cm³/mol. The summed E-state index contributed by atoms with van der Waals surface area (Å²) in [5.41, 5.74) is 8.87. The van der Waals surface area contributed by atoms with Crippen molar-refractivity contribution in [3.63, 3.8) is 0 Å². The number of halogens is 1. The third-order valence-electron chi connectivity index (χ3n) is 6.40. The van der Waals surface area contributed by atoms with Crippen molar-refractivity contribution in [1.82, 2.24) is 5.32 Å². The Labute approximate surface area is 213 Å². The zero-order valence-electron chi connectivity index (χ0n) is 21.3. The fraction of sp³-hybridized carbons (Fsp3) is 0.522. The number of quaternary nitrogens is 3. The van der Waals surface area contributed by atoms with E-state index in [4.69, 9.17) is 9.47 Å². The van der Waals surface area contributed by atoms with Gasteiger partial charge in [0.15, 0.2) is 12.6 Å². The number of carbonyl (C=O) groups excluding carboxylic acids is 3. The minimum Gasteiger partial charge on any atom is -0.622 e. The molecule has 2 aliphatic rings. The second-order valence-electron chi connectivity index (χ2n) is 9.31. The van der Waals surface area contributed by atoms with E-state index in [1.165, 1.54) is 17.9 Å². The van der Waals surface area contributed by atoms with Crippen LogP contribution in [0.2, 0.25) is 0 Å². The van der Waals surface area contributed by atoms with Gasteiger partial charge in [0.05, 0.1) is 31.0 Å². The second-order valence-corrected chi connectivity index (χ2v) is 9.31. The van der Waals surface area contributed by atoms with E-state index < -0.39 is 48.1 Å². The minimum atomic E-state index is -1.46. The van der Waals surface area contributed by atoms with Gasteiger partial charge in [-0.15, -0.1) is 0 Å². The molecule has 0 saturated carbocycles. The highest BCUT2D eigenvalue weighted by molar-refractivity contribution is 5.90. The number of benzene rings is 1. The first-order valence-electron chi connectivity index (χ1n) is 11.9. The molecule has 1 aromatic rings. The standard InChI is InChI=1S/C23H33FN6O7/c1-4-30(34,22(33)36-14-35-20(31)8-25)12-17-11-29(21(32)37-17)16-5-6-19(18(24)7-16)28-10-15(9-27-3)23(2,26)13-28/h5-7,9,17,27H,4,8,10-14,25-26H2,1-3H3/p+2/b15-9-/t17-,23?,30?/m1/s1. The van der Waals surface area contributed by atoms with E-state index in [0.717, 1.165) is 5.57 Å². The molecule has 0 aromatic heterocycles. The van der Waals surface area contributed by atoms with Gasteiger partial charge in [0.25, 0.3) is 0 Å². The summed E-state index contributed by atoms with van der Waals surface area (Å²) >= 11 is 0. The monoisotopic (exact) mass is 526 g/mol. The molecule has 7 N–H and O–H groups in total. The fourth-order valence-corrected chi connectivity index (χ4v) is 4.28. The molecule has 13 nitrogen and oxygen atoms in total. The molecule has 3 atom stereocenters. The lowest BCUT2D eigenvalue weighted by molar-refractivity contribution is -0.809. The zero-order valence-corrected chi connectivity index (χ0v) is 21.3. The topological polar surface area (TPSA) is 176 Å². The molecule has 0 aliphatic carbocycles. The Morgan fingerprint density at radius 1 is 1.41 bits per heavy atom. The molecule has 2 saturated heterocycles. The molecule has 3 rings (SSSR count). The number of hydrogen-bond acceptors (Lipinski definition) is 9. The normalized spacial score (nSPS) is 24.1. The number of esters is 1. The number of rotatable bonds is 9. The number of nitrogens with one attached hydrogen (secondary N) is 1. The van der Waals surface area contributed by atoms with Gasteiger partial charge in [-0.05, 0) is 32.0 Å². The molecule has 2 fully saturated rings. The van der Waals surface area contributed by atoms with Gasteiger partial charge >= 0.3 is 18.2 Å². The molecule has 2 amide bonds. The second kappa shape index (κ2) is 11.3. The van der Waals surface area contributed by atoms with Gasteiger partial charge in [0, 0.05) is 25.4 Å². The molecular weight excluding hydrogens is 491 g/mol. The van der Waals surface area contributed by atoms with Crippen LogP contribution in [0.25, 0.3) is 0 Å². The Hall–Kier alpha value is -3.46. The largest absolute Gasteiger partial charge is 0.622 e. The smallest absolute Gasteiger partial charge is 0.519 e. The number of carbonyl (C=O) groups is 3. The third-order valence-corrected chi connectivity index (χ3v) is 6.40. The summed E-state index contributed by atoms with van der Waals surface area (Å²) in [5.74, 6) is -1.20. The average Bonchev–Trinajstić information content (AvgIpc) is 3.36. The maximum atomic E-state index is 15.1. The maximum Gasteiger partial charge on any atom is 0.519 e. The van der Waals surface area contributed by atoms with Crippen LogP contribution in [0.3, 0.4) is 0 Å². The van der Waals surface area contributed by atoms with Crippen LogP contribution in [-0.2, 0) is 19.0 Å². The van der Waals surface area contributed by atoms with Gasteiger partial charge < -0.3 is 41.1 Å². The van der Waals surface area contributed by atoms with E-state index in [1.807, 2.05) is 18.0 Å². The third kappa shape index (κ3) is 6.28. The van der Waals surface area contributed by atoms with Gasteiger partial charge in [-0.1, -0.05) is 0 Å². The Bertz CT molecular complexity index is 1070. The molecule has 2 unspecified atom stereocenters. The van der Waals surface area contributed by atoms with Crippen molar-refractivity contribution in [1.29, 1.82) is 0 Å². The number of hydrogen-bond donors (Lipinski definition) is 3. The highest BCUT2D eigenvalue weighted by Gasteiger charge is 2.41. The Balaban J connectivity index is 1.66. The summed E-state index contributed by atoms with van der Waals surface area (Å²) in [6.07, 6.45) is -1.01. The van der Waals surface area contributed by atoms with Crippen molar-refractivity contribution in [2.24, 2.45) is 0 Å². The first kappa shape index (κ1) is 28.1. The van der Waals surface area contributed by atoms with Crippen molar-refractivity contribution < 1.29 is 49.1 Å². The van der Waals surface area contributed by atoms with Gasteiger partial charge in [-0.2, -0.15) is 4.79 Å². The molecule has 14 heteroatoms. The van der Waals surface area contributed by atoms with Gasteiger partial charge in [-0.3, -0.25) is 9.55 Å². The molecule has 2 heterocycles. The number of amides is 2. The lowest BCUT2D eigenvalue weighted by atomic mass is 9.98. The molecule has 0 radical (unpaired) electrons. The highest BCUT2D eigenvalue weighted by Crippen LogP contribution is 2.33. The van der Waals surface area contributed by atoms with Crippen LogP contribution in [0.5, 0.6) is 0 Å². The molecule has 204 valence electrons. The summed E-state index contributed by atoms with van der Waals surface area (Å²) in [6.45, 7) is 2.95. The van der Waals surface area contributed by atoms with Crippen molar-refractivity contribution in [3.8, 4) is 0 Å². The molecule has 0 spiro atoms. The number of anilines is 2. The first-order valence-corrected chi connectivity index (χ1v) is 11.9. The van der Waals surface area contributed by atoms with Crippen molar-refractivity contribution in [3.05, 3.63) is 41.0 Å². The number of nitrogens with zero attached hydrogens (tertiary/aromatic N) is 3. The van der Waals surface area contributed by atoms with E-state index in [-0.39, 0.29) is 30.9 Å². The number of hydroxylamine groups is 3. The van der Waals surface area contributed by atoms with E-state index in [1.54, 1.807) is 19.2 Å². The molecule has 37 heavy (non-hydrogen) atoms. The fourth-order valence-electron chi connectivity index (χ4n) is 4.28. The SMILES string of the molecule is CC[N+]([O-])(C[C@H]1CN(c2ccc(N3C/C(=C/NC)C(C)([NH3+])C3)c(F)c2)C(=O)O1)C(=O)OCOC(=O)C[NH3+].